The highest BCUT2D eigenvalue weighted by molar-refractivity contribution is 5.94. The summed E-state index contributed by atoms with van der Waals surface area (Å²) in [5, 5.41) is 8.06. The van der Waals surface area contributed by atoms with Gasteiger partial charge in [0.25, 0.3) is 0 Å². The fraction of sp³-hybridized carbons (Fsp3) is 0.400. The molecule has 0 saturated carbocycles. The third kappa shape index (κ3) is 3.04. The predicted octanol–water partition coefficient (Wildman–Crippen LogP) is 2.71. The molecule has 1 heterocycles. The lowest BCUT2D eigenvalue weighted by molar-refractivity contribution is 0.0520. The standard InChI is InChI=1S/C15H19N3O3/c1-5-21-15(19)13-14(18(10(2)3)17-16-13)11-7-6-8-12(9-11)20-4/h6-10H,5H2,1-4H3. The van der Waals surface area contributed by atoms with Crippen LogP contribution in [0.2, 0.25) is 0 Å². The van der Waals surface area contributed by atoms with E-state index in [9.17, 15) is 4.79 Å². The first-order chi connectivity index (χ1) is 10.1. The van der Waals surface area contributed by atoms with Gasteiger partial charge in [0.2, 0.25) is 0 Å². The van der Waals surface area contributed by atoms with Gasteiger partial charge in [-0.1, -0.05) is 17.3 Å². The Labute approximate surface area is 123 Å². The van der Waals surface area contributed by atoms with E-state index in [4.69, 9.17) is 9.47 Å². The lowest BCUT2D eigenvalue weighted by Crippen LogP contribution is -2.09. The summed E-state index contributed by atoms with van der Waals surface area (Å²) >= 11 is 0. The molecule has 6 nitrogen and oxygen atoms in total. The van der Waals surface area contributed by atoms with Crippen molar-refractivity contribution in [2.24, 2.45) is 0 Å². The van der Waals surface area contributed by atoms with Crippen molar-refractivity contribution in [3.8, 4) is 17.0 Å². The van der Waals surface area contributed by atoms with Gasteiger partial charge >= 0.3 is 5.97 Å². The molecule has 0 aliphatic rings. The molecule has 0 amide bonds. The van der Waals surface area contributed by atoms with Crippen LogP contribution in [0.1, 0.15) is 37.3 Å². The monoisotopic (exact) mass is 289 g/mol. The lowest BCUT2D eigenvalue weighted by Gasteiger charge is -2.11. The first-order valence-corrected chi connectivity index (χ1v) is 6.85. The van der Waals surface area contributed by atoms with Crippen LogP contribution in [0.3, 0.4) is 0 Å². The van der Waals surface area contributed by atoms with Crippen molar-refractivity contribution in [2.45, 2.75) is 26.8 Å². The molecule has 1 aromatic carbocycles. The van der Waals surface area contributed by atoms with Crippen molar-refractivity contribution < 1.29 is 14.3 Å². The molecule has 6 heteroatoms. The van der Waals surface area contributed by atoms with Gasteiger partial charge in [0.15, 0.2) is 5.69 Å². The molecule has 0 aliphatic heterocycles. The molecule has 0 unspecified atom stereocenters. The smallest absolute Gasteiger partial charge is 0.361 e. The fourth-order valence-corrected chi connectivity index (χ4v) is 2.03. The highest BCUT2D eigenvalue weighted by Gasteiger charge is 2.23. The van der Waals surface area contributed by atoms with Gasteiger partial charge in [0.1, 0.15) is 11.4 Å². The van der Waals surface area contributed by atoms with Gasteiger partial charge in [-0.15, -0.1) is 5.10 Å². The fourth-order valence-electron chi connectivity index (χ4n) is 2.03. The second-order valence-corrected chi connectivity index (χ2v) is 4.78. The molecular weight excluding hydrogens is 270 g/mol. The van der Waals surface area contributed by atoms with E-state index in [0.29, 0.717) is 18.1 Å². The molecule has 0 fully saturated rings. The van der Waals surface area contributed by atoms with Crippen LogP contribution in [0.5, 0.6) is 5.75 Å². The van der Waals surface area contributed by atoms with Crippen LogP contribution >= 0.6 is 0 Å². The van der Waals surface area contributed by atoms with E-state index in [0.717, 1.165) is 5.56 Å². The van der Waals surface area contributed by atoms with E-state index in [1.165, 1.54) is 0 Å². The number of aromatic nitrogens is 3. The molecule has 2 rings (SSSR count). The summed E-state index contributed by atoms with van der Waals surface area (Å²) in [5.74, 6) is 0.237. The molecule has 0 aliphatic carbocycles. The van der Waals surface area contributed by atoms with E-state index >= 15 is 0 Å². The summed E-state index contributed by atoms with van der Waals surface area (Å²) in [6.07, 6.45) is 0. The predicted molar refractivity (Wildman–Crippen MR) is 78.4 cm³/mol. The normalized spacial score (nSPS) is 10.7. The lowest BCUT2D eigenvalue weighted by atomic mass is 10.1. The van der Waals surface area contributed by atoms with Gasteiger partial charge in [-0.3, -0.25) is 0 Å². The van der Waals surface area contributed by atoms with Crippen LogP contribution in [0, 0.1) is 0 Å². The van der Waals surface area contributed by atoms with Crippen LogP contribution in [0.25, 0.3) is 11.3 Å². The van der Waals surface area contributed by atoms with Gasteiger partial charge < -0.3 is 9.47 Å². The maximum Gasteiger partial charge on any atom is 0.361 e. The molecule has 2 aromatic rings. The van der Waals surface area contributed by atoms with Crippen LogP contribution in [0.4, 0.5) is 0 Å². The van der Waals surface area contributed by atoms with E-state index in [-0.39, 0.29) is 11.7 Å². The SMILES string of the molecule is CCOC(=O)c1nnn(C(C)C)c1-c1cccc(OC)c1. The molecule has 0 radical (unpaired) electrons. The highest BCUT2D eigenvalue weighted by Crippen LogP contribution is 2.28. The Kier molecular flexibility index (Phi) is 4.57. The molecule has 0 N–H and O–H groups in total. The first kappa shape index (κ1) is 15.0. The number of methoxy groups -OCH3 is 1. The van der Waals surface area contributed by atoms with Crippen molar-refractivity contribution in [2.75, 3.05) is 13.7 Å². The van der Waals surface area contributed by atoms with Gasteiger partial charge in [-0.25, -0.2) is 9.48 Å². The maximum atomic E-state index is 12.1. The average molecular weight is 289 g/mol. The highest BCUT2D eigenvalue weighted by atomic mass is 16.5. The van der Waals surface area contributed by atoms with Crippen LogP contribution in [-0.4, -0.2) is 34.7 Å². The number of hydrogen-bond donors (Lipinski definition) is 0. The molecule has 0 spiro atoms. The zero-order valence-electron chi connectivity index (χ0n) is 12.7. The van der Waals surface area contributed by atoms with Crippen LogP contribution in [0.15, 0.2) is 24.3 Å². The van der Waals surface area contributed by atoms with E-state index < -0.39 is 5.97 Å². The molecular formula is C15H19N3O3. The zero-order chi connectivity index (χ0) is 15.4. The molecule has 112 valence electrons. The molecule has 0 saturated heterocycles. The van der Waals surface area contributed by atoms with Crippen molar-refractivity contribution in [3.63, 3.8) is 0 Å². The van der Waals surface area contributed by atoms with Crippen LogP contribution < -0.4 is 4.74 Å². The minimum Gasteiger partial charge on any atom is -0.497 e. The summed E-state index contributed by atoms with van der Waals surface area (Å²) in [6, 6.07) is 7.52. The van der Waals surface area contributed by atoms with E-state index in [1.807, 2.05) is 38.1 Å². The van der Waals surface area contributed by atoms with Gasteiger partial charge in [-0.05, 0) is 32.9 Å². The quantitative estimate of drug-likeness (QED) is 0.792. The summed E-state index contributed by atoms with van der Waals surface area (Å²) in [6.45, 7) is 6.02. The number of esters is 1. The minimum absolute atomic E-state index is 0.0712. The number of carbonyl (C=O) groups excluding carboxylic acids is 1. The zero-order valence-corrected chi connectivity index (χ0v) is 12.7. The molecule has 21 heavy (non-hydrogen) atoms. The third-order valence-corrected chi connectivity index (χ3v) is 3.00. The Bertz CT molecular complexity index is 635. The van der Waals surface area contributed by atoms with Gasteiger partial charge in [0, 0.05) is 11.6 Å². The molecule has 0 bridgehead atoms. The number of rotatable bonds is 5. The Morgan fingerprint density at radius 3 is 2.76 bits per heavy atom. The van der Waals surface area contributed by atoms with E-state index in [1.54, 1.807) is 18.7 Å². The summed E-state index contributed by atoms with van der Waals surface area (Å²) in [5.41, 5.74) is 1.68. The largest absolute Gasteiger partial charge is 0.497 e. The Morgan fingerprint density at radius 1 is 1.38 bits per heavy atom. The Hall–Kier alpha value is -2.37. The number of carbonyl (C=O) groups is 1. The molecule has 0 atom stereocenters. The first-order valence-electron chi connectivity index (χ1n) is 6.85. The summed E-state index contributed by atoms with van der Waals surface area (Å²) in [7, 11) is 1.60. The van der Waals surface area contributed by atoms with Crippen molar-refractivity contribution in [3.05, 3.63) is 30.0 Å². The van der Waals surface area contributed by atoms with Gasteiger partial charge in [0.05, 0.1) is 13.7 Å². The average Bonchev–Trinajstić information content (AvgIpc) is 2.92. The Morgan fingerprint density at radius 2 is 2.14 bits per heavy atom. The molecule has 1 aromatic heterocycles. The van der Waals surface area contributed by atoms with Crippen LogP contribution in [-0.2, 0) is 4.74 Å². The maximum absolute atomic E-state index is 12.1. The number of ether oxygens (including phenoxy) is 2. The number of nitrogens with zero attached hydrogens (tertiary/aromatic N) is 3. The topological polar surface area (TPSA) is 66.2 Å². The number of hydrogen-bond acceptors (Lipinski definition) is 5. The van der Waals surface area contributed by atoms with Crippen molar-refractivity contribution >= 4 is 5.97 Å². The number of benzene rings is 1. The van der Waals surface area contributed by atoms with Crippen molar-refractivity contribution in [1.29, 1.82) is 0 Å². The summed E-state index contributed by atoms with van der Waals surface area (Å²) in [4.78, 5) is 12.1. The van der Waals surface area contributed by atoms with Gasteiger partial charge in [-0.2, -0.15) is 0 Å². The second-order valence-electron chi connectivity index (χ2n) is 4.78. The van der Waals surface area contributed by atoms with Crippen molar-refractivity contribution in [1.82, 2.24) is 15.0 Å². The summed E-state index contributed by atoms with van der Waals surface area (Å²) < 4.78 is 12.0. The third-order valence-electron chi connectivity index (χ3n) is 3.00. The van der Waals surface area contributed by atoms with E-state index in [2.05, 4.69) is 10.3 Å². The minimum atomic E-state index is -0.470. The second kappa shape index (κ2) is 6.39. The Balaban J connectivity index is 2.57.